The van der Waals surface area contributed by atoms with Crippen molar-refractivity contribution in [2.24, 2.45) is 0 Å². The van der Waals surface area contributed by atoms with E-state index >= 15 is 0 Å². The number of aromatic nitrogens is 3. The molecule has 152 valence electrons. The first-order valence-electron chi connectivity index (χ1n) is 10.2. The van der Waals surface area contributed by atoms with Crippen LogP contribution < -0.4 is 4.87 Å². The highest BCUT2D eigenvalue weighted by atomic mass is 32.1. The molecule has 6 nitrogen and oxygen atoms in total. The summed E-state index contributed by atoms with van der Waals surface area (Å²) in [4.78, 5) is 20.8. The second-order valence-electron chi connectivity index (χ2n) is 7.89. The third kappa shape index (κ3) is 3.79. The van der Waals surface area contributed by atoms with E-state index in [1.165, 1.54) is 46.9 Å². The SMILES string of the molecule is O=c1sc2c(n1CN1CCCC(c3nc(-c4ccc(F)cc4)no3)C1)CCCC2. The average molecular weight is 415 g/mol. The average Bonchev–Trinajstić information content (AvgIpc) is 3.34. The smallest absolute Gasteiger partial charge is 0.308 e. The van der Waals surface area contributed by atoms with Gasteiger partial charge in [-0.2, -0.15) is 4.98 Å². The van der Waals surface area contributed by atoms with Gasteiger partial charge in [-0.3, -0.25) is 14.3 Å². The summed E-state index contributed by atoms with van der Waals surface area (Å²) in [5.41, 5.74) is 1.98. The van der Waals surface area contributed by atoms with Gasteiger partial charge in [0, 0.05) is 22.7 Å². The van der Waals surface area contributed by atoms with E-state index in [1.54, 1.807) is 12.1 Å². The van der Waals surface area contributed by atoms with Gasteiger partial charge >= 0.3 is 4.87 Å². The zero-order valence-electron chi connectivity index (χ0n) is 16.1. The molecule has 29 heavy (non-hydrogen) atoms. The minimum atomic E-state index is -0.286. The molecule has 1 aromatic carbocycles. The van der Waals surface area contributed by atoms with Crippen molar-refractivity contribution in [3.63, 3.8) is 0 Å². The molecule has 0 radical (unpaired) electrons. The molecule has 1 aliphatic carbocycles. The predicted molar refractivity (Wildman–Crippen MR) is 108 cm³/mol. The lowest BCUT2D eigenvalue weighted by molar-refractivity contribution is 0.148. The Hall–Kier alpha value is -2.32. The topological polar surface area (TPSA) is 64.2 Å². The lowest BCUT2D eigenvalue weighted by atomic mass is 9.98. The normalized spacial score (nSPS) is 20.0. The Balaban J connectivity index is 1.31. The van der Waals surface area contributed by atoms with Crippen LogP contribution in [0.2, 0.25) is 0 Å². The molecule has 1 unspecified atom stereocenters. The molecule has 3 heterocycles. The maximum atomic E-state index is 13.1. The predicted octanol–water partition coefficient (Wildman–Crippen LogP) is 3.81. The number of nitrogens with zero attached hydrogens (tertiary/aromatic N) is 4. The van der Waals surface area contributed by atoms with E-state index in [-0.39, 0.29) is 16.6 Å². The highest BCUT2D eigenvalue weighted by molar-refractivity contribution is 7.09. The number of rotatable bonds is 4. The number of fused-ring (bicyclic) bond motifs is 1. The third-order valence-corrected chi connectivity index (χ3v) is 6.97. The van der Waals surface area contributed by atoms with Gasteiger partial charge in [0.25, 0.3) is 0 Å². The van der Waals surface area contributed by atoms with Crippen LogP contribution in [-0.4, -0.2) is 32.7 Å². The van der Waals surface area contributed by atoms with Crippen LogP contribution in [0.25, 0.3) is 11.4 Å². The van der Waals surface area contributed by atoms with E-state index in [4.69, 9.17) is 4.52 Å². The molecule has 3 aromatic rings. The molecule has 1 saturated heterocycles. The zero-order valence-corrected chi connectivity index (χ0v) is 17.0. The van der Waals surface area contributed by atoms with Gasteiger partial charge in [0.2, 0.25) is 11.7 Å². The van der Waals surface area contributed by atoms with Crippen molar-refractivity contribution in [1.29, 1.82) is 0 Å². The molecular weight excluding hydrogens is 391 g/mol. The van der Waals surface area contributed by atoms with E-state index in [2.05, 4.69) is 15.0 Å². The first-order chi connectivity index (χ1) is 14.2. The molecule has 1 aliphatic heterocycles. The van der Waals surface area contributed by atoms with Crippen LogP contribution in [0, 0.1) is 5.82 Å². The van der Waals surface area contributed by atoms with Gasteiger partial charge in [-0.1, -0.05) is 16.5 Å². The summed E-state index contributed by atoms with van der Waals surface area (Å²) >= 11 is 1.42. The molecule has 2 aromatic heterocycles. The minimum absolute atomic E-state index is 0.149. The molecule has 8 heteroatoms. The highest BCUT2D eigenvalue weighted by Crippen LogP contribution is 2.29. The molecule has 1 atom stereocenters. The summed E-state index contributed by atoms with van der Waals surface area (Å²) < 4.78 is 20.6. The van der Waals surface area contributed by atoms with Gasteiger partial charge in [-0.05, 0) is 69.3 Å². The molecule has 0 amide bonds. The summed E-state index contributed by atoms with van der Waals surface area (Å²) in [6, 6.07) is 6.10. The summed E-state index contributed by atoms with van der Waals surface area (Å²) in [5.74, 6) is 0.968. The Morgan fingerprint density at radius 3 is 2.86 bits per heavy atom. The second-order valence-corrected chi connectivity index (χ2v) is 8.94. The number of piperidine rings is 1. The number of thiazole rings is 1. The van der Waals surface area contributed by atoms with Crippen molar-refractivity contribution in [2.75, 3.05) is 13.1 Å². The standard InChI is InChI=1S/C21H23FN4O2S/c22-16-9-7-14(8-10-16)19-23-20(28-24-19)15-4-3-11-25(12-15)13-26-17-5-1-2-6-18(17)29-21(26)27/h7-10,15H,1-6,11-13H2. The Morgan fingerprint density at radius 1 is 1.17 bits per heavy atom. The first kappa shape index (κ1) is 18.7. The van der Waals surface area contributed by atoms with E-state index in [0.717, 1.165) is 44.3 Å². The Labute approximate surface area is 172 Å². The van der Waals surface area contributed by atoms with Crippen LogP contribution in [0.3, 0.4) is 0 Å². The van der Waals surface area contributed by atoms with Crippen molar-refractivity contribution in [3.05, 3.63) is 56.2 Å². The second kappa shape index (κ2) is 7.84. The van der Waals surface area contributed by atoms with E-state index < -0.39 is 0 Å². The van der Waals surface area contributed by atoms with Gasteiger partial charge in [-0.15, -0.1) is 0 Å². The van der Waals surface area contributed by atoms with Crippen molar-refractivity contribution in [2.45, 2.75) is 51.1 Å². The molecule has 0 N–H and O–H groups in total. The zero-order chi connectivity index (χ0) is 19.8. The van der Waals surface area contributed by atoms with Crippen molar-refractivity contribution >= 4 is 11.3 Å². The third-order valence-electron chi connectivity index (χ3n) is 5.89. The Morgan fingerprint density at radius 2 is 2.00 bits per heavy atom. The van der Waals surface area contributed by atoms with Crippen LogP contribution in [0.1, 0.15) is 48.1 Å². The number of benzene rings is 1. The lowest BCUT2D eigenvalue weighted by Gasteiger charge is -2.31. The summed E-state index contributed by atoms with van der Waals surface area (Å²) in [7, 11) is 0. The monoisotopic (exact) mass is 414 g/mol. The maximum absolute atomic E-state index is 13.1. The van der Waals surface area contributed by atoms with Gasteiger partial charge < -0.3 is 4.52 Å². The number of hydrogen-bond donors (Lipinski definition) is 0. The molecule has 0 spiro atoms. The number of aryl methyl sites for hydroxylation is 1. The fraction of sp³-hybridized carbons (Fsp3) is 0.476. The Kier molecular flexibility index (Phi) is 5.05. The van der Waals surface area contributed by atoms with Crippen LogP contribution in [0.15, 0.2) is 33.6 Å². The van der Waals surface area contributed by atoms with Gasteiger partial charge in [0.1, 0.15) is 5.82 Å². The number of hydrogen-bond acceptors (Lipinski definition) is 6. The van der Waals surface area contributed by atoms with Crippen molar-refractivity contribution < 1.29 is 8.91 Å². The van der Waals surface area contributed by atoms with Gasteiger partial charge in [-0.25, -0.2) is 4.39 Å². The molecule has 2 aliphatic rings. The fourth-order valence-electron chi connectivity index (χ4n) is 4.37. The van der Waals surface area contributed by atoms with Gasteiger partial charge in [0.15, 0.2) is 0 Å². The molecule has 1 fully saturated rings. The number of likely N-dealkylation sites (tertiary alicyclic amines) is 1. The van der Waals surface area contributed by atoms with Crippen LogP contribution in [0.5, 0.6) is 0 Å². The summed E-state index contributed by atoms with van der Waals surface area (Å²) in [5, 5.41) is 4.08. The van der Waals surface area contributed by atoms with Crippen LogP contribution >= 0.6 is 11.3 Å². The van der Waals surface area contributed by atoms with Crippen molar-refractivity contribution in [3.8, 4) is 11.4 Å². The van der Waals surface area contributed by atoms with E-state index in [9.17, 15) is 9.18 Å². The highest BCUT2D eigenvalue weighted by Gasteiger charge is 2.28. The number of halogens is 1. The molecule has 5 rings (SSSR count). The van der Waals surface area contributed by atoms with Crippen LogP contribution in [0.4, 0.5) is 4.39 Å². The quantitative estimate of drug-likeness (QED) is 0.650. The van der Waals surface area contributed by atoms with E-state index in [0.29, 0.717) is 18.4 Å². The summed E-state index contributed by atoms with van der Waals surface area (Å²) in [6.45, 7) is 2.40. The fourth-order valence-corrected chi connectivity index (χ4v) is 5.44. The van der Waals surface area contributed by atoms with Crippen LogP contribution in [-0.2, 0) is 19.5 Å². The maximum Gasteiger partial charge on any atom is 0.308 e. The van der Waals surface area contributed by atoms with E-state index in [1.807, 2.05) is 4.57 Å². The molecule has 0 bridgehead atoms. The first-order valence-corrected chi connectivity index (χ1v) is 11.0. The molecule has 0 saturated carbocycles. The van der Waals surface area contributed by atoms with Gasteiger partial charge in [0.05, 0.1) is 12.6 Å². The largest absolute Gasteiger partial charge is 0.339 e. The van der Waals surface area contributed by atoms with Crippen molar-refractivity contribution in [1.82, 2.24) is 19.6 Å². The summed E-state index contributed by atoms with van der Waals surface area (Å²) in [6.07, 6.45) is 6.42. The Bertz CT molecular complexity index is 1060. The minimum Gasteiger partial charge on any atom is -0.339 e. The lowest BCUT2D eigenvalue weighted by Crippen LogP contribution is -2.38. The molecular formula is C21H23FN4O2S.